The molecule has 4 heteroatoms. The molecule has 1 aromatic carbocycles. The van der Waals surface area contributed by atoms with Crippen LogP contribution in [-0.4, -0.2) is 22.9 Å². The molecule has 86 valence electrons. The molecule has 0 radical (unpaired) electrons. The van der Waals surface area contributed by atoms with Gasteiger partial charge in [-0.05, 0) is 23.6 Å². The average molecular weight is 284 g/mol. The number of aliphatic hydroxyl groups excluding tert-OH is 1. The van der Waals surface area contributed by atoms with Gasteiger partial charge in [-0.25, -0.2) is 0 Å². The van der Waals surface area contributed by atoms with Gasteiger partial charge in [0, 0.05) is 24.0 Å². The fourth-order valence-corrected chi connectivity index (χ4v) is 2.39. The second-order valence-corrected chi connectivity index (χ2v) is 4.70. The van der Waals surface area contributed by atoms with Crippen molar-refractivity contribution in [2.75, 3.05) is 16.8 Å². The molecule has 1 amide bonds. The molecular weight excluding hydrogens is 270 g/mol. The van der Waals surface area contributed by atoms with Crippen molar-refractivity contribution in [2.24, 2.45) is 5.92 Å². The standard InChI is InChI=1S/C12H14BrNO2/c13-6-10-5-12(16)14(7-10)11-3-1-2-9(4-11)8-15/h1-4,10,15H,5-8H2. The maximum Gasteiger partial charge on any atom is 0.227 e. The van der Waals surface area contributed by atoms with Crippen molar-refractivity contribution >= 4 is 27.5 Å². The van der Waals surface area contributed by atoms with Crippen LogP contribution in [0, 0.1) is 5.92 Å². The molecule has 0 bridgehead atoms. The molecule has 1 aliphatic rings. The van der Waals surface area contributed by atoms with Crippen molar-refractivity contribution in [1.29, 1.82) is 0 Å². The van der Waals surface area contributed by atoms with Crippen molar-refractivity contribution in [1.82, 2.24) is 0 Å². The van der Waals surface area contributed by atoms with Crippen LogP contribution in [0.2, 0.25) is 0 Å². The van der Waals surface area contributed by atoms with E-state index < -0.39 is 0 Å². The highest BCUT2D eigenvalue weighted by Gasteiger charge is 2.29. The van der Waals surface area contributed by atoms with Gasteiger partial charge < -0.3 is 10.0 Å². The molecular formula is C12H14BrNO2. The number of hydrogen-bond acceptors (Lipinski definition) is 2. The third kappa shape index (κ3) is 2.28. The van der Waals surface area contributed by atoms with E-state index in [0.717, 1.165) is 23.1 Å². The Balaban J connectivity index is 2.20. The lowest BCUT2D eigenvalue weighted by molar-refractivity contribution is -0.117. The molecule has 0 aromatic heterocycles. The van der Waals surface area contributed by atoms with Crippen LogP contribution >= 0.6 is 15.9 Å². The van der Waals surface area contributed by atoms with Gasteiger partial charge in [0.15, 0.2) is 0 Å². The number of carbonyl (C=O) groups excluding carboxylic acids is 1. The monoisotopic (exact) mass is 283 g/mol. The molecule has 3 nitrogen and oxygen atoms in total. The lowest BCUT2D eigenvalue weighted by Crippen LogP contribution is -2.24. The molecule has 0 saturated carbocycles. The van der Waals surface area contributed by atoms with Crippen molar-refractivity contribution in [3.05, 3.63) is 29.8 Å². The Bertz CT molecular complexity index is 394. The Morgan fingerprint density at radius 1 is 1.50 bits per heavy atom. The Morgan fingerprint density at radius 2 is 2.31 bits per heavy atom. The van der Waals surface area contributed by atoms with Gasteiger partial charge in [-0.3, -0.25) is 4.79 Å². The van der Waals surface area contributed by atoms with Gasteiger partial charge in [0.05, 0.1) is 6.61 Å². The largest absolute Gasteiger partial charge is 0.392 e. The third-order valence-corrected chi connectivity index (χ3v) is 3.74. The van der Waals surface area contributed by atoms with Crippen LogP contribution in [0.3, 0.4) is 0 Å². The summed E-state index contributed by atoms with van der Waals surface area (Å²) in [4.78, 5) is 13.6. The van der Waals surface area contributed by atoms with Gasteiger partial charge in [0.1, 0.15) is 0 Å². The Kier molecular flexibility index (Phi) is 3.61. The molecule has 1 N–H and O–H groups in total. The van der Waals surface area contributed by atoms with E-state index in [-0.39, 0.29) is 12.5 Å². The van der Waals surface area contributed by atoms with Gasteiger partial charge in [0.2, 0.25) is 5.91 Å². The first kappa shape index (κ1) is 11.6. The molecule has 2 rings (SSSR count). The summed E-state index contributed by atoms with van der Waals surface area (Å²) in [5, 5.41) is 9.91. The number of anilines is 1. The minimum absolute atomic E-state index is 0.0117. The maximum absolute atomic E-state index is 11.8. The van der Waals surface area contributed by atoms with Crippen LogP contribution in [0.15, 0.2) is 24.3 Å². The quantitative estimate of drug-likeness (QED) is 0.862. The predicted octanol–water partition coefficient (Wildman–Crippen LogP) is 1.93. The zero-order valence-electron chi connectivity index (χ0n) is 8.90. The summed E-state index contributed by atoms with van der Waals surface area (Å²) in [5.74, 6) is 0.560. The first-order valence-electron chi connectivity index (χ1n) is 5.30. The predicted molar refractivity (Wildman–Crippen MR) is 66.6 cm³/mol. The third-order valence-electron chi connectivity index (χ3n) is 2.83. The van der Waals surface area contributed by atoms with Gasteiger partial charge in [-0.2, -0.15) is 0 Å². The minimum Gasteiger partial charge on any atom is -0.392 e. The van der Waals surface area contributed by atoms with Crippen LogP contribution in [0.1, 0.15) is 12.0 Å². The van der Waals surface area contributed by atoms with Crippen molar-refractivity contribution in [2.45, 2.75) is 13.0 Å². The molecule has 0 aliphatic carbocycles. The Hall–Kier alpha value is -0.870. The number of benzene rings is 1. The fourth-order valence-electron chi connectivity index (χ4n) is 1.96. The number of halogens is 1. The van der Waals surface area contributed by atoms with E-state index in [2.05, 4.69) is 15.9 Å². The van der Waals surface area contributed by atoms with Crippen LogP contribution in [0.25, 0.3) is 0 Å². The van der Waals surface area contributed by atoms with Gasteiger partial charge in [-0.1, -0.05) is 28.1 Å². The Labute approximate surface area is 103 Å². The summed E-state index contributed by atoms with van der Waals surface area (Å²) in [6.07, 6.45) is 0.606. The Morgan fingerprint density at radius 3 is 2.94 bits per heavy atom. The summed E-state index contributed by atoms with van der Waals surface area (Å²) in [5.41, 5.74) is 1.73. The van der Waals surface area contributed by atoms with E-state index >= 15 is 0 Å². The SMILES string of the molecule is O=C1CC(CBr)CN1c1cccc(CO)c1. The van der Waals surface area contributed by atoms with Crippen LogP contribution < -0.4 is 4.90 Å². The molecule has 1 saturated heterocycles. The van der Waals surface area contributed by atoms with E-state index in [9.17, 15) is 4.79 Å². The summed E-state index contributed by atoms with van der Waals surface area (Å²) in [7, 11) is 0. The molecule has 1 heterocycles. The van der Waals surface area contributed by atoms with E-state index in [1.165, 1.54) is 0 Å². The number of carbonyl (C=O) groups is 1. The van der Waals surface area contributed by atoms with E-state index in [1.807, 2.05) is 24.3 Å². The number of nitrogens with zero attached hydrogens (tertiary/aromatic N) is 1. The lowest BCUT2D eigenvalue weighted by Gasteiger charge is -2.17. The van der Waals surface area contributed by atoms with Crippen molar-refractivity contribution < 1.29 is 9.90 Å². The number of hydrogen-bond donors (Lipinski definition) is 1. The normalized spacial score (nSPS) is 20.5. The maximum atomic E-state index is 11.8. The molecule has 1 aromatic rings. The first-order chi connectivity index (χ1) is 7.74. The molecule has 0 spiro atoms. The molecule has 1 aliphatic heterocycles. The fraction of sp³-hybridized carbons (Fsp3) is 0.417. The summed E-state index contributed by atoms with van der Waals surface area (Å²) in [6, 6.07) is 7.50. The number of alkyl halides is 1. The zero-order chi connectivity index (χ0) is 11.5. The van der Waals surface area contributed by atoms with Gasteiger partial charge in [-0.15, -0.1) is 0 Å². The highest BCUT2D eigenvalue weighted by atomic mass is 79.9. The average Bonchev–Trinajstić information content (AvgIpc) is 2.71. The van der Waals surface area contributed by atoms with Gasteiger partial charge in [0.25, 0.3) is 0 Å². The zero-order valence-corrected chi connectivity index (χ0v) is 10.5. The topological polar surface area (TPSA) is 40.5 Å². The summed E-state index contributed by atoms with van der Waals surface area (Å²) < 4.78 is 0. The molecule has 1 fully saturated rings. The molecule has 1 atom stereocenters. The first-order valence-corrected chi connectivity index (χ1v) is 6.43. The second kappa shape index (κ2) is 4.97. The van der Waals surface area contributed by atoms with Crippen molar-refractivity contribution in [3.8, 4) is 0 Å². The highest BCUT2D eigenvalue weighted by molar-refractivity contribution is 9.09. The smallest absolute Gasteiger partial charge is 0.227 e. The van der Waals surface area contributed by atoms with Gasteiger partial charge >= 0.3 is 0 Å². The number of amides is 1. The second-order valence-electron chi connectivity index (χ2n) is 4.06. The molecule has 1 unspecified atom stereocenters. The van der Waals surface area contributed by atoms with E-state index in [1.54, 1.807) is 4.90 Å². The van der Waals surface area contributed by atoms with Crippen molar-refractivity contribution in [3.63, 3.8) is 0 Å². The van der Waals surface area contributed by atoms with E-state index in [0.29, 0.717) is 12.3 Å². The minimum atomic E-state index is 0.0117. The lowest BCUT2D eigenvalue weighted by atomic mass is 10.1. The highest BCUT2D eigenvalue weighted by Crippen LogP contribution is 2.26. The number of rotatable bonds is 3. The number of aliphatic hydroxyl groups is 1. The van der Waals surface area contributed by atoms with Crippen LogP contribution in [0.5, 0.6) is 0 Å². The van der Waals surface area contributed by atoms with Crippen LogP contribution in [0.4, 0.5) is 5.69 Å². The summed E-state index contributed by atoms with van der Waals surface area (Å²) in [6.45, 7) is 0.775. The summed E-state index contributed by atoms with van der Waals surface area (Å²) >= 11 is 3.41. The van der Waals surface area contributed by atoms with Crippen LogP contribution in [-0.2, 0) is 11.4 Å². The molecule has 16 heavy (non-hydrogen) atoms. The van der Waals surface area contributed by atoms with E-state index in [4.69, 9.17) is 5.11 Å².